The first-order chi connectivity index (χ1) is 12.8. The van der Waals surface area contributed by atoms with Crippen molar-refractivity contribution in [3.63, 3.8) is 0 Å². The van der Waals surface area contributed by atoms with Gasteiger partial charge in [-0.15, -0.1) is 0 Å². The molecule has 1 aromatic heterocycles. The number of rotatable bonds is 6. The molecule has 2 rings (SSSR count). The topological polar surface area (TPSA) is 127 Å². The SMILES string of the molecule is C/C(CC(=O)Nc1cccc(C)n1)=N\NC(=O)c1ccc([N+](=O)[O-])cc1Cl. The summed E-state index contributed by atoms with van der Waals surface area (Å²) in [5.41, 5.74) is 3.20. The molecule has 0 unspecified atom stereocenters. The van der Waals surface area contributed by atoms with E-state index in [1.165, 1.54) is 12.1 Å². The molecular formula is C17H16ClN5O4. The van der Waals surface area contributed by atoms with Crippen molar-refractivity contribution in [2.75, 3.05) is 5.32 Å². The molecule has 0 fully saturated rings. The van der Waals surface area contributed by atoms with E-state index in [1.54, 1.807) is 32.0 Å². The number of carbonyl (C=O) groups is 2. The molecule has 0 atom stereocenters. The van der Waals surface area contributed by atoms with Gasteiger partial charge in [-0.2, -0.15) is 5.10 Å². The van der Waals surface area contributed by atoms with Gasteiger partial charge < -0.3 is 5.32 Å². The summed E-state index contributed by atoms with van der Waals surface area (Å²) in [6, 6.07) is 8.72. The second kappa shape index (κ2) is 8.86. The second-order valence-electron chi connectivity index (χ2n) is 5.60. The van der Waals surface area contributed by atoms with Gasteiger partial charge in [0.25, 0.3) is 11.6 Å². The molecule has 9 nitrogen and oxygen atoms in total. The van der Waals surface area contributed by atoms with Crippen LogP contribution in [0.3, 0.4) is 0 Å². The third kappa shape index (κ3) is 5.86. The Morgan fingerprint density at radius 2 is 2.04 bits per heavy atom. The molecule has 0 saturated heterocycles. The molecule has 27 heavy (non-hydrogen) atoms. The van der Waals surface area contributed by atoms with Gasteiger partial charge in [-0.05, 0) is 32.0 Å². The highest BCUT2D eigenvalue weighted by atomic mass is 35.5. The van der Waals surface area contributed by atoms with Crippen molar-refractivity contribution in [3.05, 3.63) is 62.8 Å². The number of aromatic nitrogens is 1. The summed E-state index contributed by atoms with van der Waals surface area (Å²) in [6.45, 7) is 3.38. The minimum absolute atomic E-state index is 0.0345. The normalized spacial score (nSPS) is 11.0. The lowest BCUT2D eigenvalue weighted by Crippen LogP contribution is -2.22. The molecule has 1 heterocycles. The summed E-state index contributed by atoms with van der Waals surface area (Å²) < 4.78 is 0. The first-order valence-corrected chi connectivity index (χ1v) is 8.15. The van der Waals surface area contributed by atoms with Crippen LogP contribution in [0.4, 0.5) is 11.5 Å². The van der Waals surface area contributed by atoms with Crippen molar-refractivity contribution in [1.82, 2.24) is 10.4 Å². The van der Waals surface area contributed by atoms with Crippen LogP contribution in [0, 0.1) is 17.0 Å². The number of pyridine rings is 1. The summed E-state index contributed by atoms with van der Waals surface area (Å²) in [7, 11) is 0. The van der Waals surface area contributed by atoms with Crippen LogP contribution in [0.15, 0.2) is 41.5 Å². The number of anilines is 1. The lowest BCUT2D eigenvalue weighted by atomic mass is 10.2. The van der Waals surface area contributed by atoms with E-state index in [0.29, 0.717) is 11.5 Å². The molecule has 140 valence electrons. The highest BCUT2D eigenvalue weighted by Gasteiger charge is 2.15. The van der Waals surface area contributed by atoms with E-state index in [9.17, 15) is 19.7 Å². The lowest BCUT2D eigenvalue weighted by molar-refractivity contribution is -0.384. The summed E-state index contributed by atoms with van der Waals surface area (Å²) >= 11 is 5.89. The van der Waals surface area contributed by atoms with Crippen LogP contribution in [0.2, 0.25) is 5.02 Å². The fraction of sp³-hybridized carbons (Fsp3) is 0.176. The number of carbonyl (C=O) groups excluding carboxylic acids is 2. The number of aryl methyl sites for hydroxylation is 1. The van der Waals surface area contributed by atoms with E-state index in [-0.39, 0.29) is 28.6 Å². The Labute approximate surface area is 159 Å². The second-order valence-corrected chi connectivity index (χ2v) is 6.01. The van der Waals surface area contributed by atoms with E-state index in [1.807, 2.05) is 0 Å². The lowest BCUT2D eigenvalue weighted by Gasteiger charge is -2.06. The molecule has 2 aromatic rings. The Morgan fingerprint density at radius 1 is 1.30 bits per heavy atom. The molecule has 0 radical (unpaired) electrons. The van der Waals surface area contributed by atoms with Gasteiger partial charge in [0.15, 0.2) is 0 Å². The molecule has 0 saturated carbocycles. The van der Waals surface area contributed by atoms with E-state index in [2.05, 4.69) is 20.8 Å². The predicted octanol–water partition coefficient (Wildman–Crippen LogP) is 3.09. The highest BCUT2D eigenvalue weighted by Crippen LogP contribution is 2.22. The van der Waals surface area contributed by atoms with Crippen molar-refractivity contribution >= 4 is 40.6 Å². The number of hydrogen-bond acceptors (Lipinski definition) is 6. The zero-order valence-electron chi connectivity index (χ0n) is 14.5. The molecule has 0 aliphatic rings. The summed E-state index contributed by atoms with van der Waals surface area (Å²) in [6.07, 6.45) is -0.0517. The molecule has 2 N–H and O–H groups in total. The number of non-ortho nitro benzene ring substituents is 1. The largest absolute Gasteiger partial charge is 0.310 e. The van der Waals surface area contributed by atoms with Crippen molar-refractivity contribution in [2.45, 2.75) is 20.3 Å². The Bertz CT molecular complexity index is 929. The number of halogens is 1. The highest BCUT2D eigenvalue weighted by molar-refractivity contribution is 6.34. The molecule has 0 spiro atoms. The Hall–Kier alpha value is -3.33. The quantitative estimate of drug-likeness (QED) is 0.446. The molecule has 0 bridgehead atoms. The van der Waals surface area contributed by atoms with E-state index < -0.39 is 10.8 Å². The number of amides is 2. The van der Waals surface area contributed by atoms with Crippen LogP contribution in [-0.4, -0.2) is 27.4 Å². The predicted molar refractivity (Wildman–Crippen MR) is 101 cm³/mol. The van der Waals surface area contributed by atoms with E-state index in [0.717, 1.165) is 11.8 Å². The molecule has 1 aromatic carbocycles. The number of nitrogens with one attached hydrogen (secondary N) is 2. The first-order valence-electron chi connectivity index (χ1n) is 7.77. The molecular weight excluding hydrogens is 374 g/mol. The van der Waals surface area contributed by atoms with Crippen LogP contribution in [0.1, 0.15) is 29.4 Å². The number of nitro benzene ring substituents is 1. The number of nitrogens with zero attached hydrogens (tertiary/aromatic N) is 3. The Morgan fingerprint density at radius 3 is 2.67 bits per heavy atom. The summed E-state index contributed by atoms with van der Waals surface area (Å²) in [5, 5.41) is 17.1. The Balaban J connectivity index is 1.95. The smallest absolute Gasteiger partial charge is 0.272 e. The van der Waals surface area contributed by atoms with Gasteiger partial charge in [0.1, 0.15) is 5.82 Å². The third-order valence-electron chi connectivity index (χ3n) is 3.33. The monoisotopic (exact) mass is 389 g/mol. The zero-order chi connectivity index (χ0) is 20.0. The van der Waals surface area contributed by atoms with Gasteiger partial charge in [0.05, 0.1) is 21.9 Å². The van der Waals surface area contributed by atoms with Gasteiger partial charge in [0.2, 0.25) is 5.91 Å². The number of hydrazone groups is 1. The van der Waals surface area contributed by atoms with Crippen molar-refractivity contribution in [1.29, 1.82) is 0 Å². The fourth-order valence-corrected chi connectivity index (χ4v) is 2.34. The van der Waals surface area contributed by atoms with Gasteiger partial charge in [-0.25, -0.2) is 10.4 Å². The van der Waals surface area contributed by atoms with E-state index >= 15 is 0 Å². The number of hydrogen-bond donors (Lipinski definition) is 2. The van der Waals surface area contributed by atoms with Crippen molar-refractivity contribution in [3.8, 4) is 0 Å². The minimum atomic E-state index is -0.644. The maximum absolute atomic E-state index is 12.1. The average Bonchev–Trinajstić information content (AvgIpc) is 2.59. The van der Waals surface area contributed by atoms with Crippen LogP contribution in [-0.2, 0) is 4.79 Å². The van der Waals surface area contributed by atoms with Gasteiger partial charge in [-0.1, -0.05) is 17.7 Å². The fourth-order valence-electron chi connectivity index (χ4n) is 2.08. The number of nitro groups is 1. The zero-order valence-corrected chi connectivity index (χ0v) is 15.3. The molecule has 0 aliphatic heterocycles. The summed E-state index contributed by atoms with van der Waals surface area (Å²) in [5.74, 6) is -0.554. The van der Waals surface area contributed by atoms with Gasteiger partial charge in [-0.3, -0.25) is 19.7 Å². The van der Waals surface area contributed by atoms with Gasteiger partial charge in [0, 0.05) is 23.5 Å². The Kier molecular flexibility index (Phi) is 6.56. The maximum atomic E-state index is 12.1. The van der Waals surface area contributed by atoms with E-state index in [4.69, 9.17) is 11.6 Å². The molecule has 10 heteroatoms. The molecule has 2 amide bonds. The van der Waals surface area contributed by atoms with Crippen LogP contribution in [0.5, 0.6) is 0 Å². The average molecular weight is 390 g/mol. The standard InChI is InChI=1S/C17H16ClN5O4/c1-10-4-3-5-15(19-10)20-16(24)8-11(2)21-22-17(25)13-7-6-12(23(26)27)9-14(13)18/h3-7,9H,8H2,1-2H3,(H,22,25)(H,19,20,24)/b21-11+. The number of benzene rings is 1. The van der Waals surface area contributed by atoms with Crippen molar-refractivity contribution in [2.24, 2.45) is 5.10 Å². The van der Waals surface area contributed by atoms with Gasteiger partial charge >= 0.3 is 0 Å². The third-order valence-corrected chi connectivity index (χ3v) is 3.64. The van der Waals surface area contributed by atoms with Crippen LogP contribution in [0.25, 0.3) is 0 Å². The molecule has 0 aliphatic carbocycles. The first kappa shape index (κ1) is 20.0. The van der Waals surface area contributed by atoms with Crippen LogP contribution < -0.4 is 10.7 Å². The van der Waals surface area contributed by atoms with Crippen molar-refractivity contribution < 1.29 is 14.5 Å². The summed E-state index contributed by atoms with van der Waals surface area (Å²) in [4.78, 5) is 38.3. The maximum Gasteiger partial charge on any atom is 0.272 e. The minimum Gasteiger partial charge on any atom is -0.310 e. The van der Waals surface area contributed by atoms with Crippen LogP contribution >= 0.6 is 11.6 Å².